The summed E-state index contributed by atoms with van der Waals surface area (Å²) < 4.78 is 68.4. The van der Waals surface area contributed by atoms with E-state index in [2.05, 4.69) is 48.5 Å². The third kappa shape index (κ3) is 69.0. The molecule has 3 unspecified atom stereocenters. The molecule has 0 spiro atoms. The predicted molar refractivity (Wildman–Crippen MR) is 386 cm³/mol. The third-order valence-corrected chi connectivity index (χ3v) is 19.9. The van der Waals surface area contributed by atoms with Gasteiger partial charge in [0.15, 0.2) is 12.2 Å². The van der Waals surface area contributed by atoms with Crippen LogP contribution in [-0.4, -0.2) is 96.7 Å². The average molecular weight is 1400 g/mol. The molecule has 0 aliphatic carbocycles. The molecule has 95 heavy (non-hydrogen) atoms. The van der Waals surface area contributed by atoms with E-state index in [0.717, 1.165) is 114 Å². The van der Waals surface area contributed by atoms with Crippen LogP contribution in [-0.2, 0) is 65.4 Å². The first-order chi connectivity index (χ1) is 45.8. The van der Waals surface area contributed by atoms with E-state index < -0.39 is 97.5 Å². The Balaban J connectivity index is 5.19. The van der Waals surface area contributed by atoms with Gasteiger partial charge in [0.1, 0.15) is 19.3 Å². The Morgan fingerprint density at radius 3 is 0.800 bits per heavy atom. The van der Waals surface area contributed by atoms with Crippen LogP contribution in [0.25, 0.3) is 0 Å². The number of hydrogen-bond donors (Lipinski definition) is 3. The van der Waals surface area contributed by atoms with Crippen LogP contribution >= 0.6 is 15.6 Å². The number of aliphatic hydroxyl groups excluding tert-OH is 1. The average Bonchev–Trinajstić information content (AvgIpc) is 1.48. The Labute approximate surface area is 581 Å². The van der Waals surface area contributed by atoms with Gasteiger partial charge in [0.25, 0.3) is 0 Å². The molecule has 6 atom stereocenters. The topological polar surface area (TPSA) is 237 Å². The van der Waals surface area contributed by atoms with Gasteiger partial charge < -0.3 is 33.8 Å². The molecule has 0 aliphatic heterocycles. The monoisotopic (exact) mass is 1400 g/mol. The zero-order valence-electron chi connectivity index (χ0n) is 62.1. The molecule has 3 N–H and O–H groups in total. The molecule has 0 aromatic rings. The number of rotatable bonds is 74. The maximum atomic E-state index is 13.1. The molecular formula is C76H148O17P2. The smallest absolute Gasteiger partial charge is 0.462 e. The highest BCUT2D eigenvalue weighted by molar-refractivity contribution is 7.47. The van der Waals surface area contributed by atoms with Gasteiger partial charge in [0.2, 0.25) is 0 Å². The molecule has 0 saturated heterocycles. The summed E-state index contributed by atoms with van der Waals surface area (Å²) in [5.74, 6) is 0.245. The minimum atomic E-state index is -4.96. The molecule has 17 nitrogen and oxygen atoms in total. The van der Waals surface area contributed by atoms with Gasteiger partial charge in [-0.25, -0.2) is 9.13 Å². The van der Waals surface area contributed by atoms with E-state index in [4.69, 9.17) is 37.0 Å². The lowest BCUT2D eigenvalue weighted by Gasteiger charge is -2.21. The van der Waals surface area contributed by atoms with Crippen molar-refractivity contribution in [1.29, 1.82) is 0 Å². The quantitative estimate of drug-likeness (QED) is 0.0222. The van der Waals surface area contributed by atoms with E-state index in [9.17, 15) is 43.2 Å². The van der Waals surface area contributed by atoms with Crippen LogP contribution in [0, 0.1) is 17.8 Å². The van der Waals surface area contributed by atoms with Crippen molar-refractivity contribution in [2.24, 2.45) is 17.8 Å². The molecule has 0 fully saturated rings. The summed E-state index contributed by atoms with van der Waals surface area (Å²) in [6, 6.07) is 0. The molecule has 0 bridgehead atoms. The maximum Gasteiger partial charge on any atom is 0.472 e. The highest BCUT2D eigenvalue weighted by Crippen LogP contribution is 2.45. The fraction of sp³-hybridized carbons (Fsp3) is 0.947. The molecule has 564 valence electrons. The number of aliphatic hydroxyl groups is 1. The van der Waals surface area contributed by atoms with E-state index in [1.54, 1.807) is 0 Å². The third-order valence-electron chi connectivity index (χ3n) is 18.0. The van der Waals surface area contributed by atoms with E-state index in [1.807, 2.05) is 0 Å². The first-order valence-electron chi connectivity index (χ1n) is 39.4. The standard InChI is InChI=1S/C76H148O17P2/c1-8-10-11-12-13-36-43-50-57-73(78)86-63-71(93-76(81)60-53-46-39-32-26-28-34-41-48-55-68(5)6)65-90-94(82,83)88-61-70(77)62-89-95(84,85)91-66-72(64-87-74(79)58-51-44-37-30-25-24-29-35-42-49-56-69(7)9-2)92-75(80)59-52-45-38-31-23-21-19-17-15-14-16-18-20-22-27-33-40-47-54-67(3)4/h67-72,77H,8-66H2,1-7H3,(H,82,83)(H,84,85)/t69?,70-,71+,72+/m0/s1. The van der Waals surface area contributed by atoms with Crippen molar-refractivity contribution in [2.75, 3.05) is 39.6 Å². The van der Waals surface area contributed by atoms with E-state index in [1.165, 1.54) is 193 Å². The summed E-state index contributed by atoms with van der Waals surface area (Å²) in [6.45, 7) is 11.9. The molecule has 0 aromatic heterocycles. The van der Waals surface area contributed by atoms with Crippen LogP contribution in [0.2, 0.25) is 0 Å². The van der Waals surface area contributed by atoms with Crippen molar-refractivity contribution in [3.8, 4) is 0 Å². The summed E-state index contributed by atoms with van der Waals surface area (Å²) in [4.78, 5) is 72.7. The largest absolute Gasteiger partial charge is 0.472 e. The summed E-state index contributed by atoms with van der Waals surface area (Å²) in [6.07, 6.45) is 52.8. The number of phosphoric ester groups is 2. The van der Waals surface area contributed by atoms with Crippen molar-refractivity contribution in [3.63, 3.8) is 0 Å². The Morgan fingerprint density at radius 2 is 0.537 bits per heavy atom. The molecule has 19 heteroatoms. The highest BCUT2D eigenvalue weighted by atomic mass is 31.2. The second kappa shape index (κ2) is 66.6. The minimum absolute atomic E-state index is 0.105. The van der Waals surface area contributed by atoms with Crippen molar-refractivity contribution in [1.82, 2.24) is 0 Å². The van der Waals surface area contributed by atoms with Crippen LogP contribution in [0.5, 0.6) is 0 Å². The van der Waals surface area contributed by atoms with Crippen LogP contribution in [0.15, 0.2) is 0 Å². The number of hydrogen-bond acceptors (Lipinski definition) is 15. The van der Waals surface area contributed by atoms with E-state index in [-0.39, 0.29) is 25.7 Å². The van der Waals surface area contributed by atoms with Gasteiger partial charge in [-0.3, -0.25) is 37.3 Å². The molecule has 0 heterocycles. The normalized spacial score (nSPS) is 14.4. The Morgan fingerprint density at radius 1 is 0.305 bits per heavy atom. The summed E-state index contributed by atoms with van der Waals surface area (Å²) in [7, 11) is -9.91. The van der Waals surface area contributed by atoms with E-state index in [0.29, 0.717) is 25.7 Å². The van der Waals surface area contributed by atoms with Crippen LogP contribution < -0.4 is 0 Å². The zero-order chi connectivity index (χ0) is 70.1. The lowest BCUT2D eigenvalue weighted by Crippen LogP contribution is -2.30. The summed E-state index contributed by atoms with van der Waals surface area (Å²) in [5.41, 5.74) is 0. The summed E-state index contributed by atoms with van der Waals surface area (Å²) >= 11 is 0. The predicted octanol–water partition coefficient (Wildman–Crippen LogP) is 22.2. The van der Waals surface area contributed by atoms with Gasteiger partial charge in [-0.05, 0) is 43.4 Å². The number of unbranched alkanes of at least 4 members (excludes halogenated alkanes) is 41. The molecule has 0 amide bonds. The van der Waals surface area contributed by atoms with Gasteiger partial charge in [-0.1, -0.05) is 337 Å². The molecule has 0 radical (unpaired) electrons. The Hall–Kier alpha value is -1.94. The van der Waals surface area contributed by atoms with Crippen LogP contribution in [0.1, 0.15) is 389 Å². The van der Waals surface area contributed by atoms with Gasteiger partial charge in [0.05, 0.1) is 26.4 Å². The molecular weight excluding hydrogens is 1250 g/mol. The number of phosphoric acid groups is 2. The Kier molecular flexibility index (Phi) is 65.2. The Bertz CT molecular complexity index is 1850. The first-order valence-corrected chi connectivity index (χ1v) is 42.4. The number of esters is 4. The molecule has 0 aliphatic rings. The lowest BCUT2D eigenvalue weighted by molar-refractivity contribution is -0.161. The van der Waals surface area contributed by atoms with Crippen LogP contribution in [0.3, 0.4) is 0 Å². The second-order valence-electron chi connectivity index (χ2n) is 28.6. The van der Waals surface area contributed by atoms with Gasteiger partial charge in [0, 0.05) is 25.7 Å². The number of carbonyl (C=O) groups excluding carboxylic acids is 4. The zero-order valence-corrected chi connectivity index (χ0v) is 63.9. The number of carbonyl (C=O) groups is 4. The minimum Gasteiger partial charge on any atom is -0.462 e. The molecule has 0 rings (SSSR count). The summed E-state index contributed by atoms with van der Waals surface area (Å²) in [5, 5.41) is 10.6. The van der Waals surface area contributed by atoms with Crippen molar-refractivity contribution in [3.05, 3.63) is 0 Å². The fourth-order valence-electron chi connectivity index (χ4n) is 11.6. The second-order valence-corrected chi connectivity index (χ2v) is 31.5. The van der Waals surface area contributed by atoms with Crippen molar-refractivity contribution < 1.29 is 80.2 Å². The number of ether oxygens (including phenoxy) is 4. The molecule has 0 saturated carbocycles. The highest BCUT2D eigenvalue weighted by Gasteiger charge is 2.30. The van der Waals surface area contributed by atoms with Gasteiger partial charge in [-0.15, -0.1) is 0 Å². The lowest BCUT2D eigenvalue weighted by atomic mass is 9.99. The van der Waals surface area contributed by atoms with Gasteiger partial charge in [-0.2, -0.15) is 0 Å². The van der Waals surface area contributed by atoms with Crippen LogP contribution in [0.4, 0.5) is 0 Å². The first kappa shape index (κ1) is 93.1. The van der Waals surface area contributed by atoms with Gasteiger partial charge >= 0.3 is 39.5 Å². The SMILES string of the molecule is CCCCCCCCCCC(=O)OC[C@H](COP(=O)(O)OC[C@H](O)COP(=O)(O)OC[C@@H](COC(=O)CCCCCCCCCCCCC(C)CC)OC(=O)CCCCCCCCCCCCCCCCCCCCC(C)C)OC(=O)CCCCCCCCCCCC(C)C. The fourth-order valence-corrected chi connectivity index (χ4v) is 13.1. The van der Waals surface area contributed by atoms with E-state index >= 15 is 0 Å². The molecule has 0 aromatic carbocycles. The van der Waals surface area contributed by atoms with Crippen molar-refractivity contribution >= 4 is 39.5 Å². The maximum absolute atomic E-state index is 13.1. The van der Waals surface area contributed by atoms with Crippen molar-refractivity contribution in [2.45, 2.75) is 407 Å².